The number of ether oxygens (including phenoxy) is 1. The number of amides is 1. The van der Waals surface area contributed by atoms with Crippen molar-refractivity contribution in [2.45, 2.75) is 50.3 Å². The van der Waals surface area contributed by atoms with E-state index in [2.05, 4.69) is 5.32 Å². The van der Waals surface area contributed by atoms with E-state index < -0.39 is 20.9 Å². The standard InChI is InChI=1S/C11H15NO3S.C5H11NO2/c1-15-10-4-2-9(3-5-10)8-11(6-7-11)16(12,13)14;1-5(2,3)6-4(7)8/h2-5H,6-8H2,1H3,(H2,12,13,14);6H,1-3H3,(H,7,8). The van der Waals surface area contributed by atoms with E-state index in [1.54, 1.807) is 27.9 Å². The Bertz CT molecular complexity index is 659. The van der Waals surface area contributed by atoms with Crippen LogP contribution in [0.3, 0.4) is 0 Å². The first kappa shape index (κ1) is 20.2. The molecule has 2 rings (SSSR count). The molecule has 7 nitrogen and oxygen atoms in total. The maximum atomic E-state index is 11.4. The summed E-state index contributed by atoms with van der Waals surface area (Å²) in [6, 6.07) is 7.41. The molecule has 1 aliphatic rings. The Labute approximate surface area is 143 Å². The minimum atomic E-state index is -3.44. The summed E-state index contributed by atoms with van der Waals surface area (Å²) in [7, 11) is -1.84. The van der Waals surface area contributed by atoms with Crippen LogP contribution < -0.4 is 15.2 Å². The van der Waals surface area contributed by atoms with Crippen LogP contribution >= 0.6 is 0 Å². The van der Waals surface area contributed by atoms with Crippen LogP contribution in [0.25, 0.3) is 0 Å². The predicted octanol–water partition coefficient (Wildman–Crippen LogP) is 2.11. The molecule has 0 aromatic heterocycles. The van der Waals surface area contributed by atoms with E-state index in [0.29, 0.717) is 19.3 Å². The average molecular weight is 358 g/mol. The third kappa shape index (κ3) is 6.37. The summed E-state index contributed by atoms with van der Waals surface area (Å²) in [5.41, 5.74) is 0.651. The van der Waals surface area contributed by atoms with Gasteiger partial charge in [-0.15, -0.1) is 0 Å². The van der Waals surface area contributed by atoms with Crippen LogP contribution in [0.5, 0.6) is 5.75 Å². The van der Waals surface area contributed by atoms with E-state index in [-0.39, 0.29) is 5.54 Å². The van der Waals surface area contributed by atoms with Crippen molar-refractivity contribution < 1.29 is 23.1 Å². The van der Waals surface area contributed by atoms with E-state index in [0.717, 1.165) is 11.3 Å². The summed E-state index contributed by atoms with van der Waals surface area (Å²) >= 11 is 0. The highest BCUT2D eigenvalue weighted by Crippen LogP contribution is 2.44. The van der Waals surface area contributed by atoms with Gasteiger partial charge in [0, 0.05) is 5.54 Å². The van der Waals surface area contributed by atoms with Gasteiger partial charge in [-0.25, -0.2) is 18.4 Å². The monoisotopic (exact) mass is 358 g/mol. The summed E-state index contributed by atoms with van der Waals surface area (Å²) in [6.07, 6.45) is 0.850. The highest BCUT2D eigenvalue weighted by atomic mass is 32.2. The molecule has 0 saturated heterocycles. The quantitative estimate of drug-likeness (QED) is 0.761. The van der Waals surface area contributed by atoms with Gasteiger partial charge >= 0.3 is 6.09 Å². The Hall–Kier alpha value is -1.80. The Balaban J connectivity index is 0.000000307. The van der Waals surface area contributed by atoms with Gasteiger partial charge in [0.15, 0.2) is 0 Å². The van der Waals surface area contributed by atoms with E-state index in [4.69, 9.17) is 15.0 Å². The van der Waals surface area contributed by atoms with Crippen molar-refractivity contribution in [3.05, 3.63) is 29.8 Å². The van der Waals surface area contributed by atoms with Crippen molar-refractivity contribution in [2.24, 2.45) is 5.14 Å². The molecule has 1 aliphatic carbocycles. The Kier molecular flexibility index (Phi) is 6.24. The van der Waals surface area contributed by atoms with E-state index in [9.17, 15) is 13.2 Å². The normalized spacial score (nSPS) is 15.7. The molecule has 0 bridgehead atoms. The summed E-state index contributed by atoms with van der Waals surface area (Å²) < 4.78 is 27.1. The number of methoxy groups -OCH3 is 1. The highest BCUT2D eigenvalue weighted by molar-refractivity contribution is 7.90. The molecule has 0 unspecified atom stereocenters. The fourth-order valence-corrected chi connectivity index (χ4v) is 3.18. The zero-order valence-corrected chi connectivity index (χ0v) is 15.3. The smallest absolute Gasteiger partial charge is 0.405 e. The lowest BCUT2D eigenvalue weighted by molar-refractivity contribution is 0.184. The topological polar surface area (TPSA) is 119 Å². The summed E-state index contributed by atoms with van der Waals surface area (Å²) in [6.45, 7) is 5.38. The lowest BCUT2D eigenvalue weighted by atomic mass is 10.1. The molecular formula is C16H26N2O5S. The molecule has 0 heterocycles. The maximum absolute atomic E-state index is 11.4. The molecule has 1 aromatic carbocycles. The molecule has 24 heavy (non-hydrogen) atoms. The molecule has 8 heteroatoms. The van der Waals surface area contributed by atoms with Gasteiger partial charge in [-0.2, -0.15) is 0 Å². The minimum Gasteiger partial charge on any atom is -0.497 e. The second-order valence-corrected chi connectivity index (χ2v) is 8.89. The number of hydrogen-bond donors (Lipinski definition) is 3. The Morgan fingerprint density at radius 3 is 2.04 bits per heavy atom. The maximum Gasteiger partial charge on any atom is 0.405 e. The largest absolute Gasteiger partial charge is 0.497 e. The van der Waals surface area contributed by atoms with Gasteiger partial charge in [0.05, 0.1) is 11.9 Å². The zero-order chi connectivity index (χ0) is 18.6. The molecule has 1 fully saturated rings. The number of hydrogen-bond acceptors (Lipinski definition) is 4. The van der Waals surface area contributed by atoms with E-state index >= 15 is 0 Å². The Morgan fingerprint density at radius 2 is 1.79 bits per heavy atom. The molecule has 4 N–H and O–H groups in total. The summed E-state index contributed by atoms with van der Waals surface area (Å²) in [5.74, 6) is 0.768. The lowest BCUT2D eigenvalue weighted by Gasteiger charge is -2.16. The summed E-state index contributed by atoms with van der Waals surface area (Å²) in [5, 5.41) is 15.7. The van der Waals surface area contributed by atoms with Crippen LogP contribution in [0.1, 0.15) is 39.2 Å². The van der Waals surface area contributed by atoms with Crippen molar-refractivity contribution in [1.29, 1.82) is 0 Å². The predicted molar refractivity (Wildman–Crippen MR) is 92.7 cm³/mol. The van der Waals surface area contributed by atoms with Crippen molar-refractivity contribution in [3.8, 4) is 5.75 Å². The van der Waals surface area contributed by atoms with Crippen molar-refractivity contribution in [2.75, 3.05) is 7.11 Å². The first-order valence-electron chi connectivity index (χ1n) is 7.55. The van der Waals surface area contributed by atoms with E-state index in [1.165, 1.54) is 0 Å². The number of nitrogens with two attached hydrogens (primary N) is 1. The van der Waals surface area contributed by atoms with Crippen LogP contribution in [-0.2, 0) is 16.4 Å². The number of primary sulfonamides is 1. The van der Waals surface area contributed by atoms with Crippen LogP contribution in [0.2, 0.25) is 0 Å². The highest BCUT2D eigenvalue weighted by Gasteiger charge is 2.52. The number of carbonyl (C=O) groups is 1. The van der Waals surface area contributed by atoms with Gasteiger partial charge in [-0.3, -0.25) is 0 Å². The van der Waals surface area contributed by atoms with Crippen LogP contribution in [-0.4, -0.2) is 37.0 Å². The molecule has 1 saturated carbocycles. The molecule has 0 aliphatic heterocycles. The van der Waals surface area contributed by atoms with Gasteiger partial charge < -0.3 is 15.2 Å². The summed E-state index contributed by atoms with van der Waals surface area (Å²) in [4.78, 5) is 9.90. The number of rotatable bonds is 4. The number of nitrogens with one attached hydrogen (secondary N) is 1. The number of carboxylic acid groups (broad SMARTS) is 1. The van der Waals surface area contributed by atoms with Crippen LogP contribution in [0, 0.1) is 0 Å². The van der Waals surface area contributed by atoms with Crippen molar-refractivity contribution >= 4 is 16.1 Å². The van der Waals surface area contributed by atoms with Gasteiger partial charge in [-0.1, -0.05) is 12.1 Å². The SMILES string of the molecule is CC(C)(C)NC(=O)O.COc1ccc(CC2(S(N)(=O)=O)CC2)cc1. The average Bonchev–Trinajstić information content (AvgIpc) is 3.18. The second-order valence-electron chi connectivity index (χ2n) is 6.93. The third-order valence-electron chi connectivity index (χ3n) is 3.58. The molecule has 136 valence electrons. The minimum absolute atomic E-state index is 0.328. The van der Waals surface area contributed by atoms with Gasteiger partial charge in [0.1, 0.15) is 5.75 Å². The van der Waals surface area contributed by atoms with Crippen LogP contribution in [0.4, 0.5) is 4.79 Å². The molecule has 0 radical (unpaired) electrons. The molecular weight excluding hydrogens is 332 g/mol. The van der Waals surface area contributed by atoms with Gasteiger partial charge in [0.2, 0.25) is 10.0 Å². The number of sulfonamides is 1. The zero-order valence-electron chi connectivity index (χ0n) is 14.5. The fourth-order valence-electron chi connectivity index (χ4n) is 2.14. The first-order valence-corrected chi connectivity index (χ1v) is 9.10. The second kappa shape index (κ2) is 7.40. The molecule has 0 spiro atoms. The fraction of sp³-hybridized carbons (Fsp3) is 0.562. The Morgan fingerprint density at radius 1 is 1.29 bits per heavy atom. The van der Waals surface area contributed by atoms with Crippen LogP contribution in [0.15, 0.2) is 24.3 Å². The molecule has 1 amide bonds. The first-order chi connectivity index (χ1) is 10.9. The van der Waals surface area contributed by atoms with E-state index in [1.807, 2.05) is 24.3 Å². The lowest BCUT2D eigenvalue weighted by Crippen LogP contribution is -2.39. The van der Waals surface area contributed by atoms with Crippen molar-refractivity contribution in [1.82, 2.24) is 5.32 Å². The van der Waals surface area contributed by atoms with Crippen molar-refractivity contribution in [3.63, 3.8) is 0 Å². The molecule has 0 atom stereocenters. The number of benzene rings is 1. The third-order valence-corrected chi connectivity index (χ3v) is 5.34. The van der Waals surface area contributed by atoms with Gasteiger partial charge in [0.25, 0.3) is 0 Å². The van der Waals surface area contributed by atoms with Gasteiger partial charge in [-0.05, 0) is 57.7 Å². The molecule has 1 aromatic rings.